The fourth-order valence-corrected chi connectivity index (χ4v) is 2.87. The summed E-state index contributed by atoms with van der Waals surface area (Å²) in [4.78, 5) is 29.5. The molecule has 10 heteroatoms. The second kappa shape index (κ2) is 8.26. The Morgan fingerprint density at radius 2 is 2.11 bits per heavy atom. The van der Waals surface area contributed by atoms with E-state index in [1.165, 1.54) is 30.5 Å². The summed E-state index contributed by atoms with van der Waals surface area (Å²) in [5, 5.41) is 2.54. The Balaban J connectivity index is 1.89. The Hall–Kier alpha value is -3.14. The molecule has 0 radical (unpaired) electrons. The van der Waals surface area contributed by atoms with Gasteiger partial charge >= 0.3 is 0 Å². The molecule has 1 aromatic carbocycles. The van der Waals surface area contributed by atoms with Gasteiger partial charge in [0, 0.05) is 23.9 Å². The number of alkyl halides is 2. The Kier molecular flexibility index (Phi) is 5.78. The number of H-pyrrole nitrogens is 1. The quantitative estimate of drug-likeness (QED) is 0.735. The molecule has 4 N–H and O–H groups in total. The van der Waals surface area contributed by atoms with Crippen LogP contribution in [0.2, 0.25) is 0 Å². The number of aliphatic imine (C=N–C) groups is 1. The van der Waals surface area contributed by atoms with Crippen LogP contribution in [0.3, 0.4) is 0 Å². The summed E-state index contributed by atoms with van der Waals surface area (Å²) in [5.41, 5.74) is 5.46. The van der Waals surface area contributed by atoms with Crippen molar-refractivity contribution in [3.8, 4) is 0 Å². The number of rotatable bonds is 4. The molecular formula is C18H17F3N4O3. The molecule has 0 spiro atoms. The molecule has 3 rings (SSSR count). The summed E-state index contributed by atoms with van der Waals surface area (Å²) in [5.74, 6) is -2.45. The van der Waals surface area contributed by atoms with Crippen LogP contribution >= 0.6 is 0 Å². The van der Waals surface area contributed by atoms with Crippen LogP contribution in [0.15, 0.2) is 46.3 Å². The molecule has 0 saturated carbocycles. The van der Waals surface area contributed by atoms with Gasteiger partial charge in [-0.15, -0.1) is 0 Å². The predicted molar refractivity (Wildman–Crippen MR) is 96.4 cm³/mol. The van der Waals surface area contributed by atoms with Crippen molar-refractivity contribution in [2.24, 2.45) is 10.7 Å². The number of benzene rings is 1. The molecule has 0 saturated heterocycles. The smallest absolute Gasteiger partial charge is 0.261 e. The average Bonchev–Trinajstić information content (AvgIpc) is 2.85. The molecule has 148 valence electrons. The van der Waals surface area contributed by atoms with Crippen molar-refractivity contribution in [3.63, 3.8) is 0 Å². The minimum atomic E-state index is -2.87. The maximum absolute atomic E-state index is 14.4. The maximum Gasteiger partial charge on any atom is 0.261 e. The highest BCUT2D eigenvalue weighted by Crippen LogP contribution is 2.32. The van der Waals surface area contributed by atoms with Crippen LogP contribution in [0.25, 0.3) is 0 Å². The fraction of sp³-hybridized carbons (Fsp3) is 0.278. The first-order chi connectivity index (χ1) is 13.3. The molecule has 2 unspecified atom stereocenters. The van der Waals surface area contributed by atoms with E-state index in [0.717, 1.165) is 6.07 Å². The number of pyridine rings is 1. The molecule has 1 aliphatic rings. The van der Waals surface area contributed by atoms with E-state index in [9.17, 15) is 22.8 Å². The molecule has 0 bridgehead atoms. The van der Waals surface area contributed by atoms with Gasteiger partial charge in [0.1, 0.15) is 24.3 Å². The first-order valence-electron chi connectivity index (χ1n) is 8.32. The van der Waals surface area contributed by atoms with Gasteiger partial charge in [-0.2, -0.15) is 0 Å². The fourth-order valence-electron chi connectivity index (χ4n) is 2.87. The lowest BCUT2D eigenvalue weighted by Gasteiger charge is -2.23. The number of anilines is 1. The number of ether oxygens (including phenoxy) is 1. The Morgan fingerprint density at radius 1 is 1.32 bits per heavy atom. The molecule has 2 aromatic rings. The maximum atomic E-state index is 14.4. The molecule has 7 nitrogen and oxygen atoms in total. The van der Waals surface area contributed by atoms with Crippen LogP contribution in [0.4, 0.5) is 18.9 Å². The average molecular weight is 394 g/mol. The van der Waals surface area contributed by atoms with Crippen LogP contribution in [0.5, 0.6) is 0 Å². The van der Waals surface area contributed by atoms with Gasteiger partial charge in [0.15, 0.2) is 0 Å². The Bertz CT molecular complexity index is 941. The van der Waals surface area contributed by atoms with Gasteiger partial charge in [-0.1, -0.05) is 0 Å². The number of carbonyl (C=O) groups excluding carboxylic acids is 1. The molecule has 2 heterocycles. The number of amidine groups is 1. The normalized spacial score (nSPS) is 19.8. The minimum Gasteiger partial charge on any atom is -0.386 e. The second-order valence-electron chi connectivity index (χ2n) is 6.20. The topological polar surface area (TPSA) is 110 Å². The van der Waals surface area contributed by atoms with E-state index in [0.29, 0.717) is 0 Å². The van der Waals surface area contributed by atoms with Gasteiger partial charge in [0.05, 0.1) is 12.2 Å². The van der Waals surface area contributed by atoms with Crippen molar-refractivity contribution in [1.82, 2.24) is 4.98 Å². The number of hydrogen-bond donors (Lipinski definition) is 3. The lowest BCUT2D eigenvalue weighted by Crippen LogP contribution is -2.28. The van der Waals surface area contributed by atoms with E-state index in [1.54, 1.807) is 0 Å². The molecule has 1 aromatic heterocycles. The van der Waals surface area contributed by atoms with Crippen molar-refractivity contribution in [2.45, 2.75) is 18.4 Å². The highest BCUT2D eigenvalue weighted by molar-refractivity contribution is 6.04. The molecule has 2 atom stereocenters. The summed E-state index contributed by atoms with van der Waals surface area (Å²) < 4.78 is 46.6. The van der Waals surface area contributed by atoms with Crippen LogP contribution in [0.1, 0.15) is 21.8 Å². The lowest BCUT2D eigenvalue weighted by atomic mass is 9.91. The summed E-state index contributed by atoms with van der Waals surface area (Å²) in [6.45, 7) is -0.322. The number of hydrogen-bond acceptors (Lipinski definition) is 5. The highest BCUT2D eigenvalue weighted by Gasteiger charge is 2.34. The third kappa shape index (κ3) is 4.39. The first kappa shape index (κ1) is 19.6. The van der Waals surface area contributed by atoms with Gasteiger partial charge < -0.3 is 20.8 Å². The SMILES string of the molecule is NC1=NC(C(F)F)C(c2cc(NC(=O)c3ccc(=O)[nH]c3)ccc2F)COC1. The van der Waals surface area contributed by atoms with Gasteiger partial charge in [0.25, 0.3) is 12.3 Å². The van der Waals surface area contributed by atoms with Crippen molar-refractivity contribution < 1.29 is 22.7 Å². The van der Waals surface area contributed by atoms with E-state index in [-0.39, 0.29) is 41.4 Å². The van der Waals surface area contributed by atoms with Crippen molar-refractivity contribution in [1.29, 1.82) is 0 Å². The number of aromatic amines is 1. The van der Waals surface area contributed by atoms with E-state index in [1.807, 2.05) is 0 Å². The lowest BCUT2D eigenvalue weighted by molar-refractivity contribution is 0.0801. The molecule has 1 amide bonds. The van der Waals surface area contributed by atoms with Gasteiger partial charge in [0.2, 0.25) is 5.56 Å². The number of carbonyl (C=O) groups is 1. The Morgan fingerprint density at radius 3 is 2.79 bits per heavy atom. The van der Waals surface area contributed by atoms with E-state index < -0.39 is 30.1 Å². The van der Waals surface area contributed by atoms with E-state index in [2.05, 4.69) is 15.3 Å². The number of nitrogens with two attached hydrogens (primary N) is 1. The molecule has 1 aliphatic heterocycles. The van der Waals surface area contributed by atoms with Crippen molar-refractivity contribution in [3.05, 3.63) is 63.8 Å². The highest BCUT2D eigenvalue weighted by atomic mass is 19.3. The van der Waals surface area contributed by atoms with Crippen LogP contribution in [-0.4, -0.2) is 42.4 Å². The van der Waals surface area contributed by atoms with E-state index >= 15 is 0 Å². The molecule has 28 heavy (non-hydrogen) atoms. The third-order valence-electron chi connectivity index (χ3n) is 4.23. The van der Waals surface area contributed by atoms with Gasteiger partial charge in [-0.05, 0) is 29.8 Å². The number of halogens is 3. The van der Waals surface area contributed by atoms with Crippen molar-refractivity contribution >= 4 is 17.4 Å². The molecule has 0 fully saturated rings. The largest absolute Gasteiger partial charge is 0.386 e. The van der Waals surface area contributed by atoms with Gasteiger partial charge in [-0.3, -0.25) is 14.6 Å². The van der Waals surface area contributed by atoms with Crippen LogP contribution in [0, 0.1) is 5.82 Å². The van der Waals surface area contributed by atoms with E-state index in [4.69, 9.17) is 10.5 Å². The zero-order chi connectivity index (χ0) is 20.3. The molecule has 0 aliphatic carbocycles. The number of nitrogens with one attached hydrogen (secondary N) is 2. The number of nitrogens with zero attached hydrogens (tertiary/aromatic N) is 1. The third-order valence-corrected chi connectivity index (χ3v) is 4.23. The summed E-state index contributed by atoms with van der Waals surface area (Å²) in [6, 6.07) is 4.57. The van der Waals surface area contributed by atoms with Crippen LogP contribution < -0.4 is 16.6 Å². The number of amides is 1. The predicted octanol–water partition coefficient (Wildman–Crippen LogP) is 1.87. The first-order valence-corrected chi connectivity index (χ1v) is 8.32. The minimum absolute atomic E-state index is 0.0666. The standard InChI is InChI=1S/C18H17F3N4O3/c19-13-3-2-10(24-18(27)9-1-4-15(26)23-6-9)5-11(13)12-7-28-8-14(22)25-16(12)17(20)21/h1-6,12,16-17H,7-8H2,(H2,22,25)(H,23,26)(H,24,27). The summed E-state index contributed by atoms with van der Waals surface area (Å²) in [6.07, 6.45) is -1.64. The monoisotopic (exact) mass is 394 g/mol. The van der Waals surface area contributed by atoms with Crippen molar-refractivity contribution in [2.75, 3.05) is 18.5 Å². The number of aromatic nitrogens is 1. The summed E-state index contributed by atoms with van der Waals surface area (Å²) in [7, 11) is 0. The second-order valence-corrected chi connectivity index (χ2v) is 6.20. The Labute approximate surface area is 157 Å². The van der Waals surface area contributed by atoms with Crippen LogP contribution in [-0.2, 0) is 4.74 Å². The van der Waals surface area contributed by atoms with Gasteiger partial charge in [-0.25, -0.2) is 13.2 Å². The zero-order valence-electron chi connectivity index (χ0n) is 14.5. The molecular weight excluding hydrogens is 377 g/mol. The zero-order valence-corrected chi connectivity index (χ0v) is 14.5. The summed E-state index contributed by atoms with van der Waals surface area (Å²) >= 11 is 0.